The average molecular weight is 296 g/mol. The van der Waals surface area contributed by atoms with Gasteiger partial charge in [0.15, 0.2) is 0 Å². The first kappa shape index (κ1) is 16.3. The van der Waals surface area contributed by atoms with Gasteiger partial charge in [-0.25, -0.2) is 0 Å². The second-order valence-electron chi connectivity index (χ2n) is 7.02. The number of hydrogen-bond acceptors (Lipinski definition) is 3. The zero-order chi connectivity index (χ0) is 15.5. The molecule has 1 heterocycles. The summed E-state index contributed by atoms with van der Waals surface area (Å²) in [5.41, 5.74) is -0.294. The van der Waals surface area contributed by atoms with Crippen molar-refractivity contribution >= 4 is 11.9 Å². The van der Waals surface area contributed by atoms with Crippen molar-refractivity contribution in [3.63, 3.8) is 0 Å². The number of piperidine rings is 1. The standard InChI is InChI=1S/C16H28N2O3/c1-17-9-5-6-13(12-17)18(2)14(19)10-16(11-15(20)21)7-3-4-8-16/h13H,3-12H2,1-2H3,(H,20,21). The molecule has 0 aromatic heterocycles. The summed E-state index contributed by atoms with van der Waals surface area (Å²) in [6.07, 6.45) is 6.57. The summed E-state index contributed by atoms with van der Waals surface area (Å²) >= 11 is 0. The molecule has 21 heavy (non-hydrogen) atoms. The van der Waals surface area contributed by atoms with E-state index < -0.39 is 5.97 Å². The van der Waals surface area contributed by atoms with E-state index in [1.165, 1.54) is 0 Å². The van der Waals surface area contributed by atoms with Crippen LogP contribution in [0.5, 0.6) is 0 Å². The van der Waals surface area contributed by atoms with Gasteiger partial charge in [-0.05, 0) is 44.7 Å². The van der Waals surface area contributed by atoms with E-state index in [1.807, 2.05) is 11.9 Å². The van der Waals surface area contributed by atoms with Crippen LogP contribution in [0.2, 0.25) is 0 Å². The van der Waals surface area contributed by atoms with E-state index in [1.54, 1.807) is 0 Å². The smallest absolute Gasteiger partial charge is 0.303 e. The summed E-state index contributed by atoms with van der Waals surface area (Å²) in [4.78, 5) is 27.9. The molecule has 2 aliphatic rings. The van der Waals surface area contributed by atoms with Crippen molar-refractivity contribution in [3.05, 3.63) is 0 Å². The number of aliphatic carboxylic acids is 1. The zero-order valence-corrected chi connectivity index (χ0v) is 13.3. The van der Waals surface area contributed by atoms with Crippen LogP contribution in [0, 0.1) is 5.41 Å². The van der Waals surface area contributed by atoms with Crippen LogP contribution >= 0.6 is 0 Å². The number of amides is 1. The van der Waals surface area contributed by atoms with Gasteiger partial charge in [0.25, 0.3) is 0 Å². The third-order valence-corrected chi connectivity index (χ3v) is 5.26. The van der Waals surface area contributed by atoms with Crippen LogP contribution in [0.15, 0.2) is 0 Å². The van der Waals surface area contributed by atoms with Gasteiger partial charge in [-0.2, -0.15) is 0 Å². The van der Waals surface area contributed by atoms with E-state index >= 15 is 0 Å². The number of carbonyl (C=O) groups is 2. The first-order valence-electron chi connectivity index (χ1n) is 8.08. The lowest BCUT2D eigenvalue weighted by atomic mass is 9.79. The van der Waals surface area contributed by atoms with Crippen LogP contribution in [-0.2, 0) is 9.59 Å². The molecule has 1 saturated carbocycles. The highest BCUT2D eigenvalue weighted by Gasteiger charge is 2.39. The number of hydrogen-bond donors (Lipinski definition) is 1. The minimum Gasteiger partial charge on any atom is -0.481 e. The van der Waals surface area contributed by atoms with Crippen LogP contribution < -0.4 is 0 Å². The maximum atomic E-state index is 12.6. The molecule has 2 fully saturated rings. The van der Waals surface area contributed by atoms with Crippen molar-refractivity contribution < 1.29 is 14.7 Å². The number of carbonyl (C=O) groups excluding carboxylic acids is 1. The van der Waals surface area contributed by atoms with Gasteiger partial charge in [-0.1, -0.05) is 12.8 Å². The Morgan fingerprint density at radius 1 is 1.24 bits per heavy atom. The average Bonchev–Trinajstić information content (AvgIpc) is 2.85. The van der Waals surface area contributed by atoms with Gasteiger partial charge in [0.2, 0.25) is 5.91 Å². The maximum Gasteiger partial charge on any atom is 0.303 e. The fourth-order valence-electron chi connectivity index (χ4n) is 3.97. The van der Waals surface area contributed by atoms with Gasteiger partial charge in [-0.3, -0.25) is 9.59 Å². The first-order valence-corrected chi connectivity index (χ1v) is 8.08. The molecule has 0 aromatic rings. The van der Waals surface area contributed by atoms with E-state index in [4.69, 9.17) is 5.11 Å². The molecule has 5 nitrogen and oxygen atoms in total. The summed E-state index contributed by atoms with van der Waals surface area (Å²) in [6, 6.07) is 0.277. The van der Waals surface area contributed by atoms with Crippen molar-refractivity contribution in [3.8, 4) is 0 Å². The van der Waals surface area contributed by atoms with Crippen LogP contribution in [0.1, 0.15) is 51.4 Å². The Labute approximate surface area is 127 Å². The Bertz CT molecular complexity index is 391. The highest BCUT2D eigenvalue weighted by molar-refractivity contribution is 5.78. The molecule has 0 radical (unpaired) electrons. The van der Waals surface area contributed by atoms with E-state index in [2.05, 4.69) is 11.9 Å². The number of likely N-dealkylation sites (tertiary alicyclic amines) is 1. The molecule has 1 aliphatic heterocycles. The third-order valence-electron chi connectivity index (χ3n) is 5.26. The Hall–Kier alpha value is -1.10. The summed E-state index contributed by atoms with van der Waals surface area (Å²) in [6.45, 7) is 2.02. The highest BCUT2D eigenvalue weighted by Crippen LogP contribution is 2.44. The fraction of sp³-hybridized carbons (Fsp3) is 0.875. The zero-order valence-electron chi connectivity index (χ0n) is 13.3. The third kappa shape index (κ3) is 4.19. The largest absolute Gasteiger partial charge is 0.481 e. The number of carboxylic acid groups (broad SMARTS) is 1. The molecule has 1 amide bonds. The normalized spacial score (nSPS) is 25.7. The Balaban J connectivity index is 1.96. The topological polar surface area (TPSA) is 60.9 Å². The van der Waals surface area contributed by atoms with Crippen LogP contribution in [0.25, 0.3) is 0 Å². The molecule has 1 aliphatic carbocycles. The first-order chi connectivity index (χ1) is 9.92. The van der Waals surface area contributed by atoms with Crippen LogP contribution in [0.3, 0.4) is 0 Å². The summed E-state index contributed by atoms with van der Waals surface area (Å²) in [7, 11) is 3.98. The molecule has 0 bridgehead atoms. The van der Waals surface area contributed by atoms with Gasteiger partial charge >= 0.3 is 5.97 Å². The van der Waals surface area contributed by atoms with E-state index in [9.17, 15) is 9.59 Å². The molecule has 1 N–H and O–H groups in total. The monoisotopic (exact) mass is 296 g/mol. The predicted molar refractivity (Wildman–Crippen MR) is 81.1 cm³/mol. The van der Waals surface area contributed by atoms with E-state index in [0.29, 0.717) is 6.42 Å². The molecule has 120 valence electrons. The molecule has 1 saturated heterocycles. The summed E-state index contributed by atoms with van der Waals surface area (Å²) in [5, 5.41) is 9.14. The van der Waals surface area contributed by atoms with Crippen molar-refractivity contribution in [2.75, 3.05) is 27.2 Å². The lowest BCUT2D eigenvalue weighted by Gasteiger charge is -2.37. The minimum absolute atomic E-state index is 0.124. The Morgan fingerprint density at radius 2 is 1.90 bits per heavy atom. The SMILES string of the molecule is CN1CCCC(N(C)C(=O)CC2(CC(=O)O)CCCC2)C1. The summed E-state index contributed by atoms with van der Waals surface area (Å²) < 4.78 is 0. The second-order valence-corrected chi connectivity index (χ2v) is 7.02. The van der Waals surface area contributed by atoms with Crippen LogP contribution in [-0.4, -0.2) is 60.0 Å². The molecule has 0 aromatic carbocycles. The van der Waals surface area contributed by atoms with Crippen molar-refractivity contribution in [1.82, 2.24) is 9.80 Å². The molecule has 5 heteroatoms. The van der Waals surface area contributed by atoms with Crippen molar-refractivity contribution in [1.29, 1.82) is 0 Å². The minimum atomic E-state index is -0.773. The number of carboxylic acids is 1. The molecule has 0 spiro atoms. The van der Waals surface area contributed by atoms with Crippen molar-refractivity contribution in [2.24, 2.45) is 5.41 Å². The second kappa shape index (κ2) is 6.77. The predicted octanol–water partition coefficient (Wildman–Crippen LogP) is 1.96. The van der Waals surface area contributed by atoms with Gasteiger partial charge in [-0.15, -0.1) is 0 Å². The van der Waals surface area contributed by atoms with Gasteiger partial charge in [0, 0.05) is 26.1 Å². The van der Waals surface area contributed by atoms with Crippen molar-refractivity contribution in [2.45, 2.75) is 57.4 Å². The Kier molecular flexibility index (Phi) is 5.25. The van der Waals surface area contributed by atoms with Gasteiger partial charge in [0.05, 0.1) is 6.42 Å². The molecule has 1 atom stereocenters. The van der Waals surface area contributed by atoms with E-state index in [-0.39, 0.29) is 23.8 Å². The molecule has 1 unspecified atom stereocenters. The summed E-state index contributed by atoms with van der Waals surface area (Å²) in [5.74, 6) is -0.650. The lowest BCUT2D eigenvalue weighted by molar-refractivity contribution is -0.142. The number of rotatable bonds is 5. The van der Waals surface area contributed by atoms with Crippen LogP contribution in [0.4, 0.5) is 0 Å². The lowest BCUT2D eigenvalue weighted by Crippen LogP contribution is -2.48. The molecule has 2 rings (SSSR count). The molecular formula is C16H28N2O3. The van der Waals surface area contributed by atoms with Gasteiger partial charge < -0.3 is 14.9 Å². The Morgan fingerprint density at radius 3 is 2.48 bits per heavy atom. The molecular weight excluding hydrogens is 268 g/mol. The van der Waals surface area contributed by atoms with Gasteiger partial charge in [0.1, 0.15) is 0 Å². The quantitative estimate of drug-likeness (QED) is 0.842. The number of likely N-dealkylation sites (N-methyl/N-ethyl adjacent to an activating group) is 2. The number of nitrogens with zero attached hydrogens (tertiary/aromatic N) is 2. The fourth-order valence-corrected chi connectivity index (χ4v) is 3.97. The van der Waals surface area contributed by atoms with E-state index in [0.717, 1.165) is 51.6 Å². The maximum absolute atomic E-state index is 12.6. The highest BCUT2D eigenvalue weighted by atomic mass is 16.4.